The molecule has 1 aliphatic heterocycles. The molecule has 1 aromatic carbocycles. The molecule has 1 fully saturated rings. The average Bonchev–Trinajstić information content (AvgIpc) is 2.41. The predicted octanol–water partition coefficient (Wildman–Crippen LogP) is 2.68. The van der Waals surface area contributed by atoms with E-state index in [1.807, 2.05) is 5.32 Å². The first kappa shape index (κ1) is 17.2. The van der Waals surface area contributed by atoms with Crippen molar-refractivity contribution in [2.45, 2.75) is 12.0 Å². The molecule has 0 spiro atoms. The van der Waals surface area contributed by atoms with E-state index in [-0.39, 0.29) is 23.9 Å². The maximum atomic E-state index is 13.9. The summed E-state index contributed by atoms with van der Waals surface area (Å²) in [6.07, 6.45) is -1.03. The van der Waals surface area contributed by atoms with Gasteiger partial charge in [0.1, 0.15) is 11.9 Å². The van der Waals surface area contributed by atoms with Crippen molar-refractivity contribution in [1.82, 2.24) is 5.32 Å². The van der Waals surface area contributed by atoms with Gasteiger partial charge in [0.15, 0.2) is 18.1 Å². The van der Waals surface area contributed by atoms with Crippen molar-refractivity contribution >= 4 is 18.5 Å². The largest absolute Gasteiger partial charge is 0.493 e. The molecule has 9 heteroatoms. The Hall–Kier alpha value is -1.83. The van der Waals surface area contributed by atoms with Crippen LogP contribution in [0.5, 0.6) is 11.5 Å². The average molecular weight is 328 g/mol. The Morgan fingerprint density at radius 3 is 2.43 bits per heavy atom. The number of alkyl halides is 2. The van der Waals surface area contributed by atoms with Crippen LogP contribution in [0, 0.1) is 5.82 Å². The third-order valence-electron chi connectivity index (χ3n) is 2.89. The van der Waals surface area contributed by atoms with Crippen LogP contribution in [0.2, 0.25) is 0 Å². The minimum Gasteiger partial charge on any atom is -0.493 e. The second kappa shape index (κ2) is 6.30. The lowest BCUT2D eigenvalue weighted by Crippen LogP contribution is -2.49. The predicted molar refractivity (Wildman–Crippen MR) is 68.9 cm³/mol. The zero-order valence-corrected chi connectivity index (χ0v) is 11.9. The number of amides is 1. The molecule has 2 rings (SSSR count). The highest BCUT2D eigenvalue weighted by Gasteiger charge is 2.48. The highest BCUT2D eigenvalue weighted by Crippen LogP contribution is 2.39. The normalized spacial score (nSPS) is 19.9. The number of benzene rings is 1. The number of hydrogen-bond acceptors (Lipinski definition) is 4. The summed E-state index contributed by atoms with van der Waals surface area (Å²) in [6.45, 7) is -1.11. The molecule has 1 heterocycles. The number of carbonyl (C=O) groups is 1. The van der Waals surface area contributed by atoms with E-state index in [0.717, 1.165) is 12.1 Å². The molecule has 0 aromatic heterocycles. The smallest absolute Gasteiger partial charge is 0.408 e. The van der Waals surface area contributed by atoms with E-state index in [2.05, 4.69) is 4.74 Å². The first-order chi connectivity index (χ1) is 9.39. The molecular weight excluding hydrogens is 315 g/mol. The quantitative estimate of drug-likeness (QED) is 0.927. The number of carbonyl (C=O) groups excluding carboxylic acids is 1. The van der Waals surface area contributed by atoms with Gasteiger partial charge >= 0.3 is 12.0 Å². The van der Waals surface area contributed by atoms with Crippen LogP contribution in [-0.2, 0) is 4.74 Å². The van der Waals surface area contributed by atoms with Crippen LogP contribution in [0.4, 0.5) is 18.0 Å². The molecule has 1 atom stereocenters. The number of alkyl carbamates (subject to hydrolysis) is 1. The third-order valence-corrected chi connectivity index (χ3v) is 2.89. The van der Waals surface area contributed by atoms with Crippen LogP contribution < -0.4 is 14.8 Å². The Kier molecular flexibility index (Phi) is 5.16. The number of cyclic esters (lactones) is 1. The van der Waals surface area contributed by atoms with Gasteiger partial charge in [-0.15, -0.1) is 12.4 Å². The van der Waals surface area contributed by atoms with Crippen molar-refractivity contribution in [3.63, 3.8) is 0 Å². The highest BCUT2D eigenvalue weighted by atomic mass is 35.5. The number of methoxy groups -OCH3 is 2. The fourth-order valence-corrected chi connectivity index (χ4v) is 1.91. The fraction of sp³-hybridized carbons (Fsp3) is 0.417. The third kappa shape index (κ3) is 3.26. The number of hydrogen-bond donors (Lipinski definition) is 1. The highest BCUT2D eigenvalue weighted by molar-refractivity contribution is 5.85. The van der Waals surface area contributed by atoms with Crippen molar-refractivity contribution in [2.75, 3.05) is 20.8 Å². The van der Waals surface area contributed by atoms with Crippen molar-refractivity contribution in [3.8, 4) is 11.5 Å². The zero-order chi connectivity index (χ0) is 14.9. The van der Waals surface area contributed by atoms with Crippen LogP contribution >= 0.6 is 12.4 Å². The molecule has 0 radical (unpaired) electrons. The van der Waals surface area contributed by atoms with Crippen molar-refractivity contribution in [3.05, 3.63) is 23.5 Å². The van der Waals surface area contributed by atoms with E-state index in [1.165, 1.54) is 14.2 Å². The van der Waals surface area contributed by atoms with Crippen LogP contribution in [0.1, 0.15) is 11.6 Å². The van der Waals surface area contributed by atoms with E-state index < -0.39 is 36.0 Å². The van der Waals surface area contributed by atoms with Crippen molar-refractivity contribution in [1.29, 1.82) is 0 Å². The zero-order valence-electron chi connectivity index (χ0n) is 11.1. The molecule has 1 aliphatic rings. The summed E-state index contributed by atoms with van der Waals surface area (Å²) >= 11 is 0. The summed E-state index contributed by atoms with van der Waals surface area (Å²) < 4.78 is 55.5. The molecule has 0 bridgehead atoms. The number of nitrogens with one attached hydrogen (secondary N) is 1. The van der Waals surface area contributed by atoms with Gasteiger partial charge in [-0.1, -0.05) is 0 Å². The molecule has 0 unspecified atom stereocenters. The van der Waals surface area contributed by atoms with E-state index in [1.54, 1.807) is 0 Å². The van der Waals surface area contributed by atoms with Gasteiger partial charge < -0.3 is 19.5 Å². The molecule has 1 amide bonds. The van der Waals surface area contributed by atoms with Crippen molar-refractivity contribution in [2.24, 2.45) is 0 Å². The lowest BCUT2D eigenvalue weighted by Gasteiger charge is -2.32. The molecule has 0 aliphatic carbocycles. The molecule has 0 saturated carbocycles. The summed E-state index contributed by atoms with van der Waals surface area (Å²) in [5, 5.41) is 1.91. The lowest BCUT2D eigenvalue weighted by molar-refractivity contribution is -0.105. The minimum atomic E-state index is -3.44. The Labute approximate surface area is 124 Å². The van der Waals surface area contributed by atoms with Gasteiger partial charge in [0.05, 0.1) is 14.2 Å². The van der Waals surface area contributed by atoms with Crippen LogP contribution in [-0.4, -0.2) is 32.8 Å². The van der Waals surface area contributed by atoms with Crippen LogP contribution in [0.25, 0.3) is 0 Å². The van der Waals surface area contributed by atoms with Gasteiger partial charge in [-0.2, -0.15) is 0 Å². The molecule has 1 saturated heterocycles. The standard InChI is InChI=1S/C12H12F3NO4.ClH/c1-18-8-3-6(7(13)4-9(8)19-2)10-12(14,15)5-20-11(17)16-10;/h3-4,10H,5H2,1-2H3,(H,16,17);1H/t10-;/m0./s1. The molecule has 118 valence electrons. The number of rotatable bonds is 3. The number of halogens is 4. The second-order valence-electron chi connectivity index (χ2n) is 4.14. The maximum Gasteiger partial charge on any atom is 0.408 e. The first-order valence-corrected chi connectivity index (χ1v) is 5.61. The molecule has 5 nitrogen and oxygen atoms in total. The minimum absolute atomic E-state index is 0. The van der Waals surface area contributed by atoms with E-state index >= 15 is 0 Å². The van der Waals surface area contributed by atoms with Gasteiger partial charge in [-0.3, -0.25) is 0 Å². The molecule has 1 aromatic rings. The SMILES string of the molecule is COc1cc(F)c([C@@H]2NC(=O)OCC2(F)F)cc1OC.Cl. The van der Waals surface area contributed by atoms with Gasteiger partial charge in [-0.25, -0.2) is 18.0 Å². The van der Waals surface area contributed by atoms with Crippen molar-refractivity contribution < 1.29 is 32.2 Å². The van der Waals surface area contributed by atoms with Crippen LogP contribution in [0.3, 0.4) is 0 Å². The van der Waals surface area contributed by atoms with Crippen LogP contribution in [0.15, 0.2) is 12.1 Å². The van der Waals surface area contributed by atoms with Gasteiger partial charge in [0, 0.05) is 11.6 Å². The van der Waals surface area contributed by atoms with Gasteiger partial charge in [-0.05, 0) is 6.07 Å². The topological polar surface area (TPSA) is 56.8 Å². The van der Waals surface area contributed by atoms with E-state index in [0.29, 0.717) is 0 Å². The Bertz CT molecular complexity index is 541. The first-order valence-electron chi connectivity index (χ1n) is 5.61. The fourth-order valence-electron chi connectivity index (χ4n) is 1.91. The van der Waals surface area contributed by atoms with Gasteiger partial charge in [0.2, 0.25) is 0 Å². The lowest BCUT2D eigenvalue weighted by atomic mass is 9.99. The molecule has 21 heavy (non-hydrogen) atoms. The summed E-state index contributed by atoms with van der Waals surface area (Å²) in [5.74, 6) is -4.22. The Balaban J connectivity index is 0.00000220. The summed E-state index contributed by atoms with van der Waals surface area (Å²) in [5.41, 5.74) is -0.399. The molecular formula is C12H13ClF3NO4. The summed E-state index contributed by atoms with van der Waals surface area (Å²) in [7, 11) is 2.59. The summed E-state index contributed by atoms with van der Waals surface area (Å²) in [6, 6.07) is 0.160. The summed E-state index contributed by atoms with van der Waals surface area (Å²) in [4.78, 5) is 11.1. The van der Waals surface area contributed by atoms with E-state index in [4.69, 9.17) is 9.47 Å². The Morgan fingerprint density at radius 1 is 1.29 bits per heavy atom. The monoisotopic (exact) mass is 327 g/mol. The maximum absolute atomic E-state index is 13.9. The Morgan fingerprint density at radius 2 is 1.86 bits per heavy atom. The second-order valence-corrected chi connectivity index (χ2v) is 4.14. The molecule has 1 N–H and O–H groups in total. The number of ether oxygens (including phenoxy) is 3. The van der Waals surface area contributed by atoms with E-state index in [9.17, 15) is 18.0 Å². The van der Waals surface area contributed by atoms with Gasteiger partial charge in [0.25, 0.3) is 0 Å².